The molecule has 34 heavy (non-hydrogen) atoms. The quantitative estimate of drug-likeness (QED) is 0.341. The Bertz CT molecular complexity index is 1310. The number of methoxy groups -OCH3 is 1. The molecule has 0 aliphatic carbocycles. The van der Waals surface area contributed by atoms with Gasteiger partial charge in [0.05, 0.1) is 23.3 Å². The molecule has 0 radical (unpaired) electrons. The van der Waals surface area contributed by atoms with E-state index in [-0.39, 0.29) is 12.3 Å². The lowest BCUT2D eigenvalue weighted by Crippen LogP contribution is -2.12. The molecule has 4 aromatic rings. The van der Waals surface area contributed by atoms with Gasteiger partial charge in [-0.05, 0) is 42.3 Å². The molecule has 3 aromatic carbocycles. The fourth-order valence-corrected chi connectivity index (χ4v) is 4.71. The summed E-state index contributed by atoms with van der Waals surface area (Å²) in [5, 5.41) is 22.1. The van der Waals surface area contributed by atoms with E-state index in [1.807, 2.05) is 36.4 Å². The summed E-state index contributed by atoms with van der Waals surface area (Å²) < 4.78 is 13.4. The summed E-state index contributed by atoms with van der Waals surface area (Å²) >= 11 is 0. The summed E-state index contributed by atoms with van der Waals surface area (Å²) in [5.74, 6) is 1.68. The summed E-state index contributed by atoms with van der Waals surface area (Å²) in [6.07, 6.45) is -1.05. The van der Waals surface area contributed by atoms with Crippen LogP contribution in [0.3, 0.4) is 0 Å². The molecule has 5 rings (SSSR count). The number of anilines is 1. The average Bonchev–Trinajstić information content (AvgIpc) is 3.39. The molecule has 1 aliphatic heterocycles. The number of hydrogen-bond donors (Lipinski definition) is 3. The predicted molar refractivity (Wildman–Crippen MR) is 131 cm³/mol. The van der Waals surface area contributed by atoms with Crippen LogP contribution in [0.2, 0.25) is 0 Å². The van der Waals surface area contributed by atoms with Gasteiger partial charge in [0.1, 0.15) is 18.2 Å². The lowest BCUT2D eigenvalue weighted by atomic mass is 9.97. The first-order valence-corrected chi connectivity index (χ1v) is 11.5. The van der Waals surface area contributed by atoms with Crippen molar-refractivity contribution in [2.24, 2.45) is 0 Å². The largest absolute Gasteiger partial charge is 0.493 e. The molecule has 1 atom stereocenters. The number of aromatic nitrogens is 2. The molecule has 7 heteroatoms. The molecule has 7 nitrogen and oxygen atoms in total. The molecule has 0 saturated heterocycles. The molecule has 0 fully saturated rings. The minimum Gasteiger partial charge on any atom is -0.493 e. The van der Waals surface area contributed by atoms with E-state index in [9.17, 15) is 10.2 Å². The summed E-state index contributed by atoms with van der Waals surface area (Å²) in [7, 11) is 1.69. The lowest BCUT2D eigenvalue weighted by Gasteiger charge is -2.16. The number of nitrogens with zero attached hydrogens (tertiary/aromatic N) is 2. The minimum atomic E-state index is -1.33. The Morgan fingerprint density at radius 3 is 2.82 bits per heavy atom. The predicted octanol–water partition coefficient (Wildman–Crippen LogP) is 4.27. The molecule has 3 N–H and O–H groups in total. The Kier molecular flexibility index (Phi) is 6.24. The van der Waals surface area contributed by atoms with E-state index >= 15 is 0 Å². The van der Waals surface area contributed by atoms with Crippen LogP contribution in [0.4, 0.5) is 5.69 Å². The number of rotatable bonds is 8. The van der Waals surface area contributed by atoms with Crippen LogP contribution in [-0.4, -0.2) is 39.8 Å². The maximum absolute atomic E-state index is 9.30. The second kappa shape index (κ2) is 9.46. The highest BCUT2D eigenvalue weighted by molar-refractivity contribution is 5.78. The smallest absolute Gasteiger partial charge is 0.152 e. The Morgan fingerprint density at radius 1 is 1.15 bits per heavy atom. The lowest BCUT2D eigenvalue weighted by molar-refractivity contribution is -0.0506. The molecule has 0 bridgehead atoms. The molecule has 1 unspecified atom stereocenters. The molecule has 0 amide bonds. The van der Waals surface area contributed by atoms with Crippen molar-refractivity contribution in [1.29, 1.82) is 0 Å². The van der Waals surface area contributed by atoms with E-state index in [1.54, 1.807) is 7.11 Å². The van der Waals surface area contributed by atoms with Gasteiger partial charge in [0, 0.05) is 43.3 Å². The summed E-state index contributed by atoms with van der Waals surface area (Å²) in [5.41, 5.74) is 7.43. The van der Waals surface area contributed by atoms with Crippen molar-refractivity contribution in [3.63, 3.8) is 0 Å². The van der Waals surface area contributed by atoms with Crippen LogP contribution in [0.1, 0.15) is 34.9 Å². The number of aliphatic hydroxyl groups excluding tert-OH is 1. The first-order valence-electron chi connectivity index (χ1n) is 11.5. The van der Waals surface area contributed by atoms with Crippen molar-refractivity contribution in [2.75, 3.05) is 19.0 Å². The zero-order chi connectivity index (χ0) is 23.7. The molecular weight excluding hydrogens is 430 g/mol. The van der Waals surface area contributed by atoms with Crippen LogP contribution in [0.15, 0.2) is 60.7 Å². The van der Waals surface area contributed by atoms with Gasteiger partial charge in [0.25, 0.3) is 0 Å². The van der Waals surface area contributed by atoms with E-state index in [0.717, 1.165) is 39.5 Å². The Morgan fingerprint density at radius 2 is 2.00 bits per heavy atom. The van der Waals surface area contributed by atoms with Crippen LogP contribution < -0.4 is 10.1 Å². The topological polar surface area (TPSA) is 88.8 Å². The van der Waals surface area contributed by atoms with Crippen molar-refractivity contribution in [3.05, 3.63) is 83.2 Å². The summed E-state index contributed by atoms with van der Waals surface area (Å²) in [4.78, 5) is 4.78. The normalized spacial score (nSPS) is 15.0. The third-order valence-electron chi connectivity index (χ3n) is 6.43. The van der Waals surface area contributed by atoms with Crippen LogP contribution in [0.25, 0.3) is 16.7 Å². The molecule has 176 valence electrons. The van der Waals surface area contributed by atoms with E-state index < -0.39 is 6.29 Å². The van der Waals surface area contributed by atoms with Gasteiger partial charge in [0.2, 0.25) is 0 Å². The standard InChI is InChI=1S/C27H29N3O4/c1-17-18(14-28-20-10-11-21-19(12-27(31)32)15-34-25(21)13-20)6-5-9-23(17)30-24-8-4-3-7-22(24)29-26(30)16-33-2/h3-11,13,19,27-28,31-32H,12,14-16H2,1-2H3. The molecule has 1 aromatic heterocycles. The molecule has 0 spiro atoms. The monoisotopic (exact) mass is 459 g/mol. The van der Waals surface area contributed by atoms with Crippen molar-refractivity contribution >= 4 is 16.7 Å². The van der Waals surface area contributed by atoms with E-state index in [2.05, 4.69) is 41.1 Å². The minimum absolute atomic E-state index is 0.00859. The van der Waals surface area contributed by atoms with Crippen LogP contribution in [0.5, 0.6) is 5.75 Å². The molecule has 1 aliphatic rings. The van der Waals surface area contributed by atoms with Gasteiger partial charge < -0.3 is 25.0 Å². The van der Waals surface area contributed by atoms with E-state index in [4.69, 9.17) is 14.5 Å². The second-order valence-corrected chi connectivity index (χ2v) is 8.68. The molecule has 2 heterocycles. The number of benzene rings is 3. The Balaban J connectivity index is 1.40. The third-order valence-corrected chi connectivity index (χ3v) is 6.43. The second-order valence-electron chi connectivity index (χ2n) is 8.68. The fraction of sp³-hybridized carbons (Fsp3) is 0.296. The van der Waals surface area contributed by atoms with Crippen molar-refractivity contribution in [2.45, 2.75) is 38.7 Å². The van der Waals surface area contributed by atoms with Gasteiger partial charge in [-0.1, -0.05) is 30.3 Å². The van der Waals surface area contributed by atoms with Gasteiger partial charge in [0.15, 0.2) is 6.29 Å². The zero-order valence-electron chi connectivity index (χ0n) is 19.4. The highest BCUT2D eigenvalue weighted by atomic mass is 16.5. The number of aliphatic hydroxyl groups is 2. The van der Waals surface area contributed by atoms with Crippen molar-refractivity contribution < 1.29 is 19.7 Å². The maximum atomic E-state index is 9.30. The number of hydrogen-bond acceptors (Lipinski definition) is 6. The summed E-state index contributed by atoms with van der Waals surface area (Å²) in [6.45, 7) is 3.69. The van der Waals surface area contributed by atoms with Gasteiger partial charge in [-0.25, -0.2) is 4.98 Å². The van der Waals surface area contributed by atoms with Crippen LogP contribution >= 0.6 is 0 Å². The maximum Gasteiger partial charge on any atom is 0.152 e. The number of para-hydroxylation sites is 2. The highest BCUT2D eigenvalue weighted by Crippen LogP contribution is 2.38. The third kappa shape index (κ3) is 4.25. The first-order chi connectivity index (χ1) is 16.5. The Hall–Kier alpha value is -3.39. The van der Waals surface area contributed by atoms with Gasteiger partial charge >= 0.3 is 0 Å². The van der Waals surface area contributed by atoms with Crippen LogP contribution in [0, 0.1) is 6.92 Å². The first kappa shape index (κ1) is 22.4. The average molecular weight is 460 g/mol. The number of ether oxygens (including phenoxy) is 2. The van der Waals surface area contributed by atoms with Gasteiger partial charge in [-0.3, -0.25) is 4.57 Å². The highest BCUT2D eigenvalue weighted by Gasteiger charge is 2.26. The van der Waals surface area contributed by atoms with Crippen molar-refractivity contribution in [3.8, 4) is 11.4 Å². The summed E-state index contributed by atoms with van der Waals surface area (Å²) in [6, 6.07) is 20.5. The van der Waals surface area contributed by atoms with E-state index in [1.165, 1.54) is 11.1 Å². The number of nitrogens with one attached hydrogen (secondary N) is 1. The molecule has 0 saturated carbocycles. The Labute approximate surface area is 198 Å². The van der Waals surface area contributed by atoms with Crippen molar-refractivity contribution in [1.82, 2.24) is 9.55 Å². The number of fused-ring (bicyclic) bond motifs is 2. The van der Waals surface area contributed by atoms with Gasteiger partial charge in [-0.15, -0.1) is 0 Å². The van der Waals surface area contributed by atoms with Gasteiger partial charge in [-0.2, -0.15) is 0 Å². The SMILES string of the molecule is COCc1nc2ccccc2n1-c1cccc(CNc2ccc3c(c2)OCC3CC(O)O)c1C. The number of imidazole rings is 1. The molecular formula is C27H29N3O4. The van der Waals surface area contributed by atoms with E-state index in [0.29, 0.717) is 19.8 Å². The fourth-order valence-electron chi connectivity index (χ4n) is 4.71. The van der Waals surface area contributed by atoms with Crippen LogP contribution in [-0.2, 0) is 17.9 Å². The zero-order valence-corrected chi connectivity index (χ0v) is 19.4.